The third-order valence-corrected chi connectivity index (χ3v) is 5.79. The molecule has 3 heteroatoms. The molecule has 0 amide bonds. The van der Waals surface area contributed by atoms with Gasteiger partial charge in [0.1, 0.15) is 0 Å². The molecule has 5 aliphatic rings. The number of fused-ring (bicyclic) bond motifs is 2. The summed E-state index contributed by atoms with van der Waals surface area (Å²) in [4.78, 5) is 7.34. The lowest BCUT2D eigenvalue weighted by Gasteiger charge is -2.54. The molecule has 0 radical (unpaired) electrons. The summed E-state index contributed by atoms with van der Waals surface area (Å²) in [6.07, 6.45) is 8.83. The first-order chi connectivity index (χ1) is 13.2. The maximum absolute atomic E-state index is 2.58. The molecule has 1 saturated carbocycles. The second kappa shape index (κ2) is 19.2. The molecule has 0 aromatic rings. The van der Waals surface area contributed by atoms with Gasteiger partial charge in [0.15, 0.2) is 0 Å². The monoisotopic (exact) mass is 385 g/mol. The Hall–Kier alpha value is -0.120. The van der Waals surface area contributed by atoms with Crippen LogP contribution in [0.4, 0.5) is 0 Å². The van der Waals surface area contributed by atoms with Gasteiger partial charge < -0.3 is 14.7 Å². The van der Waals surface area contributed by atoms with Gasteiger partial charge in [0.2, 0.25) is 0 Å². The van der Waals surface area contributed by atoms with Gasteiger partial charge in [0, 0.05) is 18.6 Å². The van der Waals surface area contributed by atoms with Crippen molar-refractivity contribution in [2.45, 2.75) is 106 Å². The number of piperidine rings is 1. The Bertz CT molecular complexity index is 277. The summed E-state index contributed by atoms with van der Waals surface area (Å²) in [5, 5.41) is 0. The highest BCUT2D eigenvalue weighted by Gasteiger charge is 2.42. The lowest BCUT2D eigenvalue weighted by atomic mass is 9.72. The van der Waals surface area contributed by atoms with Crippen molar-refractivity contribution in [3.8, 4) is 0 Å². The summed E-state index contributed by atoms with van der Waals surface area (Å²) in [6, 6.07) is 2.04. The zero-order valence-electron chi connectivity index (χ0n) is 20.9. The first-order valence-electron chi connectivity index (χ1n) is 12.4. The lowest BCUT2D eigenvalue weighted by Crippen LogP contribution is -2.59. The Kier molecular flexibility index (Phi) is 20.7. The highest BCUT2D eigenvalue weighted by molar-refractivity contribution is 4.97. The maximum atomic E-state index is 2.58. The van der Waals surface area contributed by atoms with Gasteiger partial charge in [0.05, 0.1) is 0 Å². The molecule has 5 rings (SSSR count). The van der Waals surface area contributed by atoms with Crippen LogP contribution in [0.3, 0.4) is 0 Å². The zero-order valence-corrected chi connectivity index (χ0v) is 20.9. The molecule has 0 bridgehead atoms. The van der Waals surface area contributed by atoms with Crippen LogP contribution in [0, 0.1) is 5.92 Å². The zero-order chi connectivity index (χ0) is 21.2. The lowest BCUT2D eigenvalue weighted by molar-refractivity contribution is -0.0381. The maximum Gasteiger partial charge on any atom is 0.0133 e. The topological polar surface area (TPSA) is 9.72 Å². The first kappa shape index (κ1) is 29.1. The Balaban J connectivity index is 0. The third-order valence-electron chi connectivity index (χ3n) is 5.79. The van der Waals surface area contributed by atoms with Gasteiger partial charge in [0.25, 0.3) is 0 Å². The molecule has 3 atom stereocenters. The van der Waals surface area contributed by atoms with Crippen LogP contribution in [0.2, 0.25) is 0 Å². The minimum Gasteiger partial charge on any atom is -0.306 e. The standard InChI is InChI=1S/2C6H11N.C4H9N.4C2H6/c1-7-4-5-2-3-6(5)7;1-2-6-3-5-7(6)4-1;1-5-3-2-4-5;4*1-2/h5-6H,2-4H2,1H3;6H,1-5H2;2-4H2,1H3;4*1-2H3/t5-,6?;;;;;;/m0....../s1. The fourth-order valence-electron chi connectivity index (χ4n) is 3.83. The van der Waals surface area contributed by atoms with Crippen LogP contribution in [0.25, 0.3) is 0 Å². The van der Waals surface area contributed by atoms with E-state index in [0.717, 1.165) is 18.0 Å². The van der Waals surface area contributed by atoms with Crippen LogP contribution in [0.1, 0.15) is 93.9 Å². The molecule has 5 fully saturated rings. The van der Waals surface area contributed by atoms with Gasteiger partial charge >= 0.3 is 0 Å². The quantitative estimate of drug-likeness (QED) is 0.507. The predicted molar refractivity (Wildman–Crippen MR) is 126 cm³/mol. The highest BCUT2D eigenvalue weighted by Crippen LogP contribution is 2.39. The summed E-state index contributed by atoms with van der Waals surface area (Å²) in [5.74, 6) is 1.12. The van der Waals surface area contributed by atoms with Crippen LogP contribution in [-0.2, 0) is 0 Å². The Labute approximate surface area is 173 Å². The van der Waals surface area contributed by atoms with Crippen molar-refractivity contribution in [3.05, 3.63) is 0 Å². The van der Waals surface area contributed by atoms with Crippen LogP contribution in [0.5, 0.6) is 0 Å². The van der Waals surface area contributed by atoms with Gasteiger partial charge in [-0.15, -0.1) is 0 Å². The molecule has 0 spiro atoms. The van der Waals surface area contributed by atoms with E-state index in [9.17, 15) is 0 Å². The second-order valence-electron chi connectivity index (χ2n) is 7.12. The molecule has 0 aromatic carbocycles. The van der Waals surface area contributed by atoms with Crippen molar-refractivity contribution < 1.29 is 0 Å². The molecule has 4 aliphatic heterocycles. The van der Waals surface area contributed by atoms with E-state index >= 15 is 0 Å². The molecule has 166 valence electrons. The van der Waals surface area contributed by atoms with Crippen molar-refractivity contribution >= 4 is 0 Å². The molecule has 1 aliphatic carbocycles. The smallest absolute Gasteiger partial charge is 0.0133 e. The molecular weight excluding hydrogens is 330 g/mol. The SMILES string of the molecule is C1CC2CCN2C1.CC.CC.CC.CC.CN1CCC1.CN1C[C@@H]2CCC21. The fraction of sp³-hybridized carbons (Fsp3) is 1.00. The van der Waals surface area contributed by atoms with Gasteiger partial charge in [-0.1, -0.05) is 55.4 Å². The van der Waals surface area contributed by atoms with Crippen LogP contribution in [-0.4, -0.2) is 73.6 Å². The molecule has 27 heavy (non-hydrogen) atoms. The van der Waals surface area contributed by atoms with E-state index in [2.05, 4.69) is 28.8 Å². The second-order valence-corrected chi connectivity index (χ2v) is 7.12. The minimum absolute atomic E-state index is 1.01. The predicted octanol–water partition coefficient (Wildman–Crippen LogP) is 5.99. The third kappa shape index (κ3) is 10.3. The largest absolute Gasteiger partial charge is 0.306 e. The van der Waals surface area contributed by atoms with E-state index in [4.69, 9.17) is 0 Å². The molecule has 2 unspecified atom stereocenters. The number of likely N-dealkylation sites (tertiary alicyclic amines) is 2. The Morgan fingerprint density at radius 2 is 1.15 bits per heavy atom. The first-order valence-corrected chi connectivity index (χ1v) is 12.4. The minimum atomic E-state index is 1.01. The Morgan fingerprint density at radius 3 is 1.22 bits per heavy atom. The molecule has 0 N–H and O–H groups in total. The summed E-state index contributed by atoms with van der Waals surface area (Å²) >= 11 is 0. The summed E-state index contributed by atoms with van der Waals surface area (Å²) < 4.78 is 0. The number of rotatable bonds is 0. The number of hydrogen-bond acceptors (Lipinski definition) is 3. The van der Waals surface area contributed by atoms with Gasteiger partial charge in [-0.3, -0.25) is 0 Å². The van der Waals surface area contributed by atoms with Crippen molar-refractivity contribution in [3.63, 3.8) is 0 Å². The Morgan fingerprint density at radius 1 is 0.593 bits per heavy atom. The molecule has 0 aromatic heterocycles. The summed E-state index contributed by atoms with van der Waals surface area (Å²) in [7, 11) is 4.36. The van der Waals surface area contributed by atoms with Crippen molar-refractivity contribution in [1.82, 2.24) is 14.7 Å². The van der Waals surface area contributed by atoms with Crippen LogP contribution < -0.4 is 0 Å². The van der Waals surface area contributed by atoms with E-state index in [1.54, 1.807) is 0 Å². The highest BCUT2D eigenvalue weighted by atomic mass is 15.2. The molecule has 3 nitrogen and oxygen atoms in total. The van der Waals surface area contributed by atoms with E-state index in [1.165, 1.54) is 71.2 Å². The van der Waals surface area contributed by atoms with Gasteiger partial charge in [-0.2, -0.15) is 0 Å². The van der Waals surface area contributed by atoms with Gasteiger partial charge in [-0.25, -0.2) is 0 Å². The summed E-state index contributed by atoms with van der Waals surface area (Å²) in [6.45, 7) is 22.8. The fourth-order valence-corrected chi connectivity index (χ4v) is 3.83. The van der Waals surface area contributed by atoms with Crippen LogP contribution >= 0.6 is 0 Å². The van der Waals surface area contributed by atoms with Gasteiger partial charge in [-0.05, 0) is 84.7 Å². The van der Waals surface area contributed by atoms with Crippen LogP contribution in [0.15, 0.2) is 0 Å². The van der Waals surface area contributed by atoms with Crippen molar-refractivity contribution in [2.75, 3.05) is 46.8 Å². The molecule has 4 heterocycles. The molecular formula is C24H55N3. The van der Waals surface area contributed by atoms with E-state index in [0.29, 0.717) is 0 Å². The normalized spacial score (nSPS) is 28.9. The van der Waals surface area contributed by atoms with E-state index in [1.807, 2.05) is 55.4 Å². The molecule has 4 saturated heterocycles. The average molecular weight is 386 g/mol. The van der Waals surface area contributed by atoms with E-state index < -0.39 is 0 Å². The average Bonchev–Trinajstić information content (AvgIpc) is 3.03. The van der Waals surface area contributed by atoms with E-state index in [-0.39, 0.29) is 0 Å². The van der Waals surface area contributed by atoms with Crippen molar-refractivity contribution in [1.29, 1.82) is 0 Å². The number of hydrogen-bond donors (Lipinski definition) is 0. The van der Waals surface area contributed by atoms with Crippen molar-refractivity contribution in [2.24, 2.45) is 5.92 Å². The number of nitrogens with zero attached hydrogens (tertiary/aromatic N) is 3. The summed E-state index contributed by atoms with van der Waals surface area (Å²) in [5.41, 5.74) is 0.